The second-order valence-electron chi connectivity index (χ2n) is 4.27. The SMILES string of the molecule is CCCCCCOCCCCN1C=CSC1. The van der Waals surface area contributed by atoms with Crippen molar-refractivity contribution in [2.45, 2.75) is 45.4 Å². The van der Waals surface area contributed by atoms with Gasteiger partial charge in [-0.1, -0.05) is 26.2 Å². The van der Waals surface area contributed by atoms with Gasteiger partial charge < -0.3 is 9.64 Å². The largest absolute Gasteiger partial charge is 0.381 e. The molecule has 0 saturated carbocycles. The van der Waals surface area contributed by atoms with E-state index in [1.54, 1.807) is 0 Å². The van der Waals surface area contributed by atoms with Crippen LogP contribution in [0.1, 0.15) is 45.4 Å². The lowest BCUT2D eigenvalue weighted by molar-refractivity contribution is 0.125. The fourth-order valence-corrected chi connectivity index (χ4v) is 2.45. The number of nitrogens with zero attached hydrogens (tertiary/aromatic N) is 1. The van der Waals surface area contributed by atoms with Crippen LogP contribution < -0.4 is 0 Å². The van der Waals surface area contributed by atoms with E-state index in [2.05, 4.69) is 23.4 Å². The van der Waals surface area contributed by atoms with Gasteiger partial charge in [-0.3, -0.25) is 0 Å². The molecule has 1 aliphatic rings. The van der Waals surface area contributed by atoms with E-state index in [9.17, 15) is 0 Å². The number of rotatable bonds is 10. The first-order chi connectivity index (χ1) is 7.93. The first-order valence-corrected chi connectivity index (χ1v) is 7.58. The maximum atomic E-state index is 5.60. The van der Waals surface area contributed by atoms with Gasteiger partial charge in [-0.25, -0.2) is 0 Å². The van der Waals surface area contributed by atoms with E-state index in [0.29, 0.717) is 0 Å². The molecule has 0 aromatic heterocycles. The standard InChI is InChI=1S/C13H25NOS/c1-2-3-4-6-10-15-11-7-5-8-14-9-12-16-13-14/h9,12H,2-8,10-11,13H2,1H3. The third kappa shape index (κ3) is 7.18. The highest BCUT2D eigenvalue weighted by Crippen LogP contribution is 2.15. The lowest BCUT2D eigenvalue weighted by atomic mass is 10.2. The molecule has 0 N–H and O–H groups in total. The normalized spacial score (nSPS) is 14.9. The van der Waals surface area contributed by atoms with Crippen molar-refractivity contribution < 1.29 is 4.74 Å². The summed E-state index contributed by atoms with van der Waals surface area (Å²) in [4.78, 5) is 2.37. The summed E-state index contributed by atoms with van der Waals surface area (Å²) in [5.74, 6) is 1.14. The molecule has 16 heavy (non-hydrogen) atoms. The molecule has 0 unspecified atom stereocenters. The van der Waals surface area contributed by atoms with Crippen LogP contribution in [-0.2, 0) is 4.74 Å². The van der Waals surface area contributed by atoms with Crippen LogP contribution in [0.3, 0.4) is 0 Å². The fourth-order valence-electron chi connectivity index (χ4n) is 1.70. The average molecular weight is 243 g/mol. The van der Waals surface area contributed by atoms with Crippen LogP contribution >= 0.6 is 11.8 Å². The summed E-state index contributed by atoms with van der Waals surface area (Å²) in [5, 5.41) is 2.17. The number of ether oxygens (including phenoxy) is 1. The molecule has 3 heteroatoms. The van der Waals surface area contributed by atoms with Gasteiger partial charge in [0.2, 0.25) is 0 Å². The molecule has 1 aliphatic heterocycles. The predicted octanol–water partition coefficient (Wildman–Crippen LogP) is 3.84. The van der Waals surface area contributed by atoms with Crippen molar-refractivity contribution in [2.24, 2.45) is 0 Å². The summed E-state index contributed by atoms with van der Waals surface area (Å²) in [5.41, 5.74) is 0. The smallest absolute Gasteiger partial charge is 0.0675 e. The molecule has 0 aromatic carbocycles. The van der Waals surface area contributed by atoms with Crippen molar-refractivity contribution in [3.8, 4) is 0 Å². The van der Waals surface area contributed by atoms with Gasteiger partial charge in [-0.05, 0) is 24.7 Å². The summed E-state index contributed by atoms with van der Waals surface area (Å²) in [6.07, 6.45) is 9.86. The van der Waals surface area contributed by atoms with Gasteiger partial charge in [0.05, 0.1) is 5.88 Å². The van der Waals surface area contributed by atoms with Crippen LogP contribution in [-0.4, -0.2) is 30.5 Å². The van der Waals surface area contributed by atoms with E-state index in [0.717, 1.165) is 19.1 Å². The minimum atomic E-state index is 0.941. The number of hydrogen-bond donors (Lipinski definition) is 0. The van der Waals surface area contributed by atoms with Gasteiger partial charge >= 0.3 is 0 Å². The summed E-state index contributed by atoms with van der Waals surface area (Å²) in [6.45, 7) is 5.32. The first-order valence-electron chi connectivity index (χ1n) is 6.53. The van der Waals surface area contributed by atoms with Crippen molar-refractivity contribution in [3.63, 3.8) is 0 Å². The lowest BCUT2D eigenvalue weighted by Crippen LogP contribution is -2.15. The summed E-state index contributed by atoms with van der Waals surface area (Å²) >= 11 is 1.88. The molecule has 0 saturated heterocycles. The third-order valence-electron chi connectivity index (χ3n) is 2.73. The van der Waals surface area contributed by atoms with E-state index < -0.39 is 0 Å². The van der Waals surface area contributed by atoms with E-state index in [1.165, 1.54) is 45.1 Å². The van der Waals surface area contributed by atoms with E-state index >= 15 is 0 Å². The van der Waals surface area contributed by atoms with Crippen LogP contribution in [0.5, 0.6) is 0 Å². The molecule has 0 fully saturated rings. The molecule has 0 bridgehead atoms. The van der Waals surface area contributed by atoms with Gasteiger partial charge in [0, 0.05) is 26.0 Å². The minimum Gasteiger partial charge on any atom is -0.381 e. The zero-order valence-electron chi connectivity index (χ0n) is 10.5. The average Bonchev–Trinajstić information content (AvgIpc) is 2.80. The van der Waals surface area contributed by atoms with Crippen molar-refractivity contribution in [1.29, 1.82) is 0 Å². The molecule has 1 rings (SSSR count). The fraction of sp³-hybridized carbons (Fsp3) is 0.846. The molecule has 0 atom stereocenters. The second kappa shape index (κ2) is 10.0. The molecule has 94 valence electrons. The third-order valence-corrected chi connectivity index (χ3v) is 3.53. The maximum Gasteiger partial charge on any atom is 0.0675 e. The Balaban J connectivity index is 1.73. The summed E-state index contributed by atoms with van der Waals surface area (Å²) in [7, 11) is 0. The quantitative estimate of drug-likeness (QED) is 0.541. The van der Waals surface area contributed by atoms with Gasteiger partial charge in [-0.15, -0.1) is 11.8 Å². The first kappa shape index (κ1) is 13.9. The van der Waals surface area contributed by atoms with Crippen LogP contribution in [0.25, 0.3) is 0 Å². The van der Waals surface area contributed by atoms with Crippen molar-refractivity contribution in [1.82, 2.24) is 4.90 Å². The zero-order chi connectivity index (χ0) is 11.5. The molecule has 2 nitrogen and oxygen atoms in total. The topological polar surface area (TPSA) is 12.5 Å². The van der Waals surface area contributed by atoms with E-state index in [-0.39, 0.29) is 0 Å². The summed E-state index contributed by atoms with van der Waals surface area (Å²) in [6, 6.07) is 0. The molecular weight excluding hydrogens is 218 g/mol. The predicted molar refractivity (Wildman–Crippen MR) is 72.5 cm³/mol. The van der Waals surface area contributed by atoms with Crippen LogP contribution in [0.2, 0.25) is 0 Å². The van der Waals surface area contributed by atoms with E-state index in [4.69, 9.17) is 4.74 Å². The number of hydrogen-bond acceptors (Lipinski definition) is 3. The highest BCUT2D eigenvalue weighted by molar-refractivity contribution is 8.02. The highest BCUT2D eigenvalue weighted by atomic mass is 32.2. The molecule has 0 radical (unpaired) electrons. The lowest BCUT2D eigenvalue weighted by Gasteiger charge is -2.13. The van der Waals surface area contributed by atoms with Crippen LogP contribution in [0, 0.1) is 0 Å². The molecule has 0 spiro atoms. The number of thioether (sulfide) groups is 1. The van der Waals surface area contributed by atoms with Gasteiger partial charge in [0.1, 0.15) is 0 Å². The summed E-state index contributed by atoms with van der Waals surface area (Å²) < 4.78 is 5.60. The Hall–Kier alpha value is -0.150. The molecule has 1 heterocycles. The highest BCUT2D eigenvalue weighted by Gasteiger charge is 2.02. The molecule has 0 amide bonds. The zero-order valence-corrected chi connectivity index (χ0v) is 11.3. The maximum absolute atomic E-state index is 5.60. The minimum absolute atomic E-state index is 0.941. The molecular formula is C13H25NOS. The van der Waals surface area contributed by atoms with Gasteiger partial charge in [-0.2, -0.15) is 0 Å². The number of unbranched alkanes of at least 4 members (excludes halogenated alkanes) is 4. The Kier molecular flexibility index (Phi) is 8.72. The Bertz CT molecular complexity index is 185. The van der Waals surface area contributed by atoms with Crippen LogP contribution in [0.15, 0.2) is 11.6 Å². The van der Waals surface area contributed by atoms with E-state index in [1.807, 2.05) is 11.8 Å². The van der Waals surface area contributed by atoms with Crippen molar-refractivity contribution >= 4 is 11.8 Å². The Morgan fingerprint density at radius 3 is 2.62 bits per heavy atom. The van der Waals surface area contributed by atoms with Gasteiger partial charge in [0.25, 0.3) is 0 Å². The van der Waals surface area contributed by atoms with Crippen molar-refractivity contribution in [2.75, 3.05) is 25.6 Å². The van der Waals surface area contributed by atoms with Gasteiger partial charge in [0.15, 0.2) is 0 Å². The van der Waals surface area contributed by atoms with Crippen LogP contribution in [0.4, 0.5) is 0 Å². The van der Waals surface area contributed by atoms with Crippen molar-refractivity contribution in [3.05, 3.63) is 11.6 Å². The Morgan fingerprint density at radius 1 is 1.12 bits per heavy atom. The Labute approximate surface area is 104 Å². The molecule has 0 aromatic rings. The molecule has 0 aliphatic carbocycles. The monoisotopic (exact) mass is 243 g/mol. The second-order valence-corrected chi connectivity index (χ2v) is 5.14. The Morgan fingerprint density at radius 2 is 1.94 bits per heavy atom.